The van der Waals surface area contributed by atoms with E-state index in [0.29, 0.717) is 12.5 Å². The molecule has 2 aromatic carbocycles. The first-order valence-corrected chi connectivity index (χ1v) is 8.92. The van der Waals surface area contributed by atoms with E-state index in [9.17, 15) is 5.11 Å². The molecule has 3 nitrogen and oxygen atoms in total. The van der Waals surface area contributed by atoms with Gasteiger partial charge in [-0.3, -0.25) is 0 Å². The molecule has 2 fully saturated rings. The molecule has 0 radical (unpaired) electrons. The Bertz CT molecular complexity index is 615. The molecule has 0 saturated carbocycles. The maximum Gasteiger partial charge on any atom is 0.0962 e. The van der Waals surface area contributed by atoms with Gasteiger partial charge in [0, 0.05) is 31.7 Å². The number of nitrogens with one attached hydrogen (secondary N) is 1. The summed E-state index contributed by atoms with van der Waals surface area (Å²) in [5, 5.41) is 15.0. The topological polar surface area (TPSA) is 41.5 Å². The van der Waals surface area contributed by atoms with Gasteiger partial charge in [-0.1, -0.05) is 60.7 Å². The molecule has 126 valence electrons. The minimum Gasteiger partial charge on any atom is -0.387 e. The Morgan fingerprint density at radius 1 is 0.917 bits per heavy atom. The van der Waals surface area contributed by atoms with Gasteiger partial charge in [-0.15, -0.1) is 0 Å². The zero-order valence-electron chi connectivity index (χ0n) is 13.9. The predicted molar refractivity (Wildman–Crippen MR) is 95.0 cm³/mol. The molecule has 0 aliphatic carbocycles. The lowest BCUT2D eigenvalue weighted by atomic mass is 9.65. The number of ether oxygens (including phenoxy) is 1. The molecule has 2 aliphatic heterocycles. The van der Waals surface area contributed by atoms with Crippen molar-refractivity contribution in [2.75, 3.05) is 19.8 Å². The van der Waals surface area contributed by atoms with E-state index >= 15 is 0 Å². The van der Waals surface area contributed by atoms with E-state index in [2.05, 4.69) is 53.8 Å². The molecule has 2 heterocycles. The van der Waals surface area contributed by atoms with Crippen LogP contribution in [0, 0.1) is 5.92 Å². The smallest absolute Gasteiger partial charge is 0.0962 e. The second-order valence-electron chi connectivity index (χ2n) is 7.04. The summed E-state index contributed by atoms with van der Waals surface area (Å²) in [5.41, 5.74) is 1.86. The monoisotopic (exact) mass is 323 g/mol. The SMILES string of the molecule is OC1(C2CCOCC2)CNC1C(c1ccccc1)c1ccccc1. The molecule has 2 atom stereocenters. The molecule has 2 unspecified atom stereocenters. The van der Waals surface area contributed by atoms with Gasteiger partial charge >= 0.3 is 0 Å². The van der Waals surface area contributed by atoms with E-state index in [1.54, 1.807) is 0 Å². The van der Waals surface area contributed by atoms with Crippen LogP contribution in [0.1, 0.15) is 29.9 Å². The van der Waals surface area contributed by atoms with Gasteiger partial charge in [-0.05, 0) is 29.9 Å². The third-order valence-electron chi connectivity index (χ3n) is 5.72. The van der Waals surface area contributed by atoms with Crippen molar-refractivity contribution in [2.45, 2.75) is 30.4 Å². The largest absolute Gasteiger partial charge is 0.387 e. The van der Waals surface area contributed by atoms with Crippen LogP contribution in [0.2, 0.25) is 0 Å². The summed E-state index contributed by atoms with van der Waals surface area (Å²) in [6, 6.07) is 21.1. The van der Waals surface area contributed by atoms with Crippen molar-refractivity contribution in [1.29, 1.82) is 0 Å². The Labute approximate surface area is 143 Å². The molecule has 2 aliphatic rings. The Kier molecular flexibility index (Phi) is 4.40. The van der Waals surface area contributed by atoms with Gasteiger partial charge in [0.2, 0.25) is 0 Å². The lowest BCUT2D eigenvalue weighted by Crippen LogP contribution is -2.73. The highest BCUT2D eigenvalue weighted by atomic mass is 16.5. The van der Waals surface area contributed by atoms with Gasteiger partial charge in [0.05, 0.1) is 5.60 Å². The van der Waals surface area contributed by atoms with Gasteiger partial charge in [0.1, 0.15) is 0 Å². The second kappa shape index (κ2) is 6.67. The van der Waals surface area contributed by atoms with Crippen LogP contribution >= 0.6 is 0 Å². The highest BCUT2D eigenvalue weighted by Crippen LogP contribution is 2.43. The molecule has 2 N–H and O–H groups in total. The molecule has 2 aromatic rings. The average molecular weight is 323 g/mol. The quantitative estimate of drug-likeness (QED) is 0.909. The van der Waals surface area contributed by atoms with Crippen LogP contribution in [0.25, 0.3) is 0 Å². The Morgan fingerprint density at radius 3 is 1.92 bits per heavy atom. The lowest BCUT2D eigenvalue weighted by molar-refractivity contribution is -0.133. The maximum atomic E-state index is 11.5. The maximum absolute atomic E-state index is 11.5. The lowest BCUT2D eigenvalue weighted by Gasteiger charge is -2.55. The Balaban J connectivity index is 1.69. The van der Waals surface area contributed by atoms with E-state index in [4.69, 9.17) is 4.74 Å². The molecule has 2 saturated heterocycles. The van der Waals surface area contributed by atoms with Crippen LogP contribution in [0.3, 0.4) is 0 Å². The predicted octanol–water partition coefficient (Wildman–Crippen LogP) is 2.95. The van der Waals surface area contributed by atoms with Gasteiger partial charge in [-0.2, -0.15) is 0 Å². The molecule has 0 aromatic heterocycles. The first-order valence-electron chi connectivity index (χ1n) is 8.92. The van der Waals surface area contributed by atoms with Crippen molar-refractivity contribution in [3.63, 3.8) is 0 Å². The Hall–Kier alpha value is -1.68. The number of hydrogen-bond acceptors (Lipinski definition) is 3. The third kappa shape index (κ3) is 2.77. The summed E-state index contributed by atoms with van der Waals surface area (Å²) < 4.78 is 5.50. The van der Waals surface area contributed by atoms with Crippen LogP contribution in [0.4, 0.5) is 0 Å². The highest BCUT2D eigenvalue weighted by Gasteiger charge is 2.54. The van der Waals surface area contributed by atoms with Crippen LogP contribution < -0.4 is 5.32 Å². The molecule has 3 heteroatoms. The summed E-state index contributed by atoms with van der Waals surface area (Å²) in [7, 11) is 0. The summed E-state index contributed by atoms with van der Waals surface area (Å²) in [5.74, 6) is 0.474. The van der Waals surface area contributed by atoms with Gasteiger partial charge in [0.15, 0.2) is 0 Å². The third-order valence-corrected chi connectivity index (χ3v) is 5.72. The summed E-state index contributed by atoms with van der Waals surface area (Å²) in [4.78, 5) is 0. The van der Waals surface area contributed by atoms with Crippen molar-refractivity contribution < 1.29 is 9.84 Å². The standard InChI is InChI=1S/C21H25NO2/c23-21(18-11-13-24-14-12-18)15-22-20(21)19(16-7-3-1-4-8-16)17-9-5-2-6-10-17/h1-10,18-20,22-23H,11-15H2. The first-order chi connectivity index (χ1) is 11.8. The number of aliphatic hydroxyl groups is 1. The van der Waals surface area contributed by atoms with Crippen LogP contribution in [0.15, 0.2) is 60.7 Å². The molecule has 24 heavy (non-hydrogen) atoms. The zero-order valence-corrected chi connectivity index (χ0v) is 13.9. The number of β-amino-alcohol motifs (C(OH)–C–C–N with tert-alkyl or cyclic N) is 1. The average Bonchev–Trinajstić information content (AvgIpc) is 2.66. The van der Waals surface area contributed by atoms with Crippen molar-refractivity contribution in [3.05, 3.63) is 71.8 Å². The fourth-order valence-corrected chi connectivity index (χ4v) is 4.33. The fraction of sp³-hybridized carbons (Fsp3) is 0.429. The summed E-state index contributed by atoms with van der Waals surface area (Å²) in [6.07, 6.45) is 1.90. The minimum atomic E-state index is -0.653. The van der Waals surface area contributed by atoms with E-state index in [-0.39, 0.29) is 12.0 Å². The van der Waals surface area contributed by atoms with Crippen molar-refractivity contribution in [1.82, 2.24) is 5.32 Å². The second-order valence-corrected chi connectivity index (χ2v) is 7.04. The first kappa shape index (κ1) is 15.8. The Morgan fingerprint density at radius 2 is 1.46 bits per heavy atom. The van der Waals surface area contributed by atoms with Gasteiger partial charge in [0.25, 0.3) is 0 Å². The number of rotatable bonds is 4. The summed E-state index contributed by atoms with van der Waals surface area (Å²) in [6.45, 7) is 2.21. The van der Waals surface area contributed by atoms with Crippen LogP contribution in [-0.4, -0.2) is 36.5 Å². The molecule has 0 amide bonds. The highest BCUT2D eigenvalue weighted by molar-refractivity contribution is 5.37. The minimum absolute atomic E-state index is 0.0467. The normalized spacial score (nSPS) is 27.8. The van der Waals surface area contributed by atoms with Crippen molar-refractivity contribution in [2.24, 2.45) is 5.92 Å². The molecular weight excluding hydrogens is 298 g/mol. The van der Waals surface area contributed by atoms with Gasteiger partial charge < -0.3 is 15.2 Å². The fourth-order valence-electron chi connectivity index (χ4n) is 4.33. The van der Waals surface area contributed by atoms with Crippen LogP contribution in [0.5, 0.6) is 0 Å². The van der Waals surface area contributed by atoms with E-state index in [1.165, 1.54) is 11.1 Å². The number of benzene rings is 2. The van der Waals surface area contributed by atoms with Crippen LogP contribution in [-0.2, 0) is 4.74 Å². The van der Waals surface area contributed by atoms with Gasteiger partial charge in [-0.25, -0.2) is 0 Å². The van der Waals surface area contributed by atoms with E-state index in [0.717, 1.165) is 26.1 Å². The van der Waals surface area contributed by atoms with Crippen molar-refractivity contribution >= 4 is 0 Å². The van der Waals surface area contributed by atoms with E-state index in [1.807, 2.05) is 12.1 Å². The molecular formula is C21H25NO2. The summed E-state index contributed by atoms with van der Waals surface area (Å²) >= 11 is 0. The van der Waals surface area contributed by atoms with E-state index < -0.39 is 5.60 Å². The number of hydrogen-bond donors (Lipinski definition) is 2. The molecule has 4 rings (SSSR count). The zero-order chi connectivity index (χ0) is 16.4. The van der Waals surface area contributed by atoms with Crippen molar-refractivity contribution in [3.8, 4) is 0 Å². The molecule has 0 bridgehead atoms. The molecule has 0 spiro atoms.